The SMILES string of the molecule is O=C(Cc1cccc2ccccc12)NCCN1CCN(c2ccccc2)CC1. The van der Waals surface area contributed by atoms with Crippen LogP contribution in [0.3, 0.4) is 0 Å². The van der Waals surface area contributed by atoms with Crippen molar-refractivity contribution in [3.63, 3.8) is 0 Å². The highest BCUT2D eigenvalue weighted by Gasteiger charge is 2.16. The number of para-hydroxylation sites is 1. The number of carbonyl (C=O) groups excluding carboxylic acids is 1. The van der Waals surface area contributed by atoms with Gasteiger partial charge in [0.05, 0.1) is 6.42 Å². The molecule has 1 aliphatic heterocycles. The maximum atomic E-state index is 12.4. The van der Waals surface area contributed by atoms with Crippen LogP contribution in [-0.4, -0.2) is 50.1 Å². The fraction of sp³-hybridized carbons (Fsp3) is 0.292. The number of carbonyl (C=O) groups is 1. The molecule has 144 valence electrons. The van der Waals surface area contributed by atoms with E-state index in [0.717, 1.165) is 43.7 Å². The smallest absolute Gasteiger partial charge is 0.224 e. The van der Waals surface area contributed by atoms with Gasteiger partial charge in [-0.05, 0) is 28.5 Å². The second kappa shape index (κ2) is 8.89. The zero-order valence-corrected chi connectivity index (χ0v) is 16.2. The number of hydrogen-bond acceptors (Lipinski definition) is 3. The molecule has 1 N–H and O–H groups in total. The number of nitrogens with one attached hydrogen (secondary N) is 1. The van der Waals surface area contributed by atoms with Crippen LogP contribution in [0.1, 0.15) is 5.56 Å². The van der Waals surface area contributed by atoms with Crippen LogP contribution in [0.2, 0.25) is 0 Å². The molecule has 1 saturated heterocycles. The van der Waals surface area contributed by atoms with Gasteiger partial charge < -0.3 is 10.2 Å². The molecular weight excluding hydrogens is 346 g/mol. The zero-order chi connectivity index (χ0) is 19.2. The summed E-state index contributed by atoms with van der Waals surface area (Å²) in [6.07, 6.45) is 0.434. The normalized spacial score (nSPS) is 14.9. The molecule has 0 saturated carbocycles. The van der Waals surface area contributed by atoms with Crippen molar-refractivity contribution in [2.45, 2.75) is 6.42 Å². The summed E-state index contributed by atoms with van der Waals surface area (Å²) < 4.78 is 0. The van der Waals surface area contributed by atoms with E-state index in [0.29, 0.717) is 13.0 Å². The van der Waals surface area contributed by atoms with Crippen LogP contribution in [0.25, 0.3) is 10.8 Å². The Morgan fingerprint density at radius 3 is 2.36 bits per heavy atom. The summed E-state index contributed by atoms with van der Waals surface area (Å²) in [5.41, 5.74) is 2.39. The van der Waals surface area contributed by atoms with Crippen LogP contribution in [0.5, 0.6) is 0 Å². The molecule has 3 aromatic rings. The van der Waals surface area contributed by atoms with Crippen molar-refractivity contribution in [2.75, 3.05) is 44.2 Å². The summed E-state index contributed by atoms with van der Waals surface area (Å²) in [6, 6.07) is 25.0. The molecule has 1 fully saturated rings. The second-order valence-electron chi connectivity index (χ2n) is 7.33. The van der Waals surface area contributed by atoms with Crippen LogP contribution in [0.15, 0.2) is 72.8 Å². The van der Waals surface area contributed by atoms with Crippen LogP contribution < -0.4 is 10.2 Å². The molecule has 1 amide bonds. The van der Waals surface area contributed by atoms with Crippen molar-refractivity contribution in [1.29, 1.82) is 0 Å². The molecular formula is C24H27N3O. The van der Waals surface area contributed by atoms with Crippen molar-refractivity contribution in [1.82, 2.24) is 10.2 Å². The number of amides is 1. The van der Waals surface area contributed by atoms with Crippen molar-refractivity contribution < 1.29 is 4.79 Å². The Morgan fingerprint density at radius 2 is 1.54 bits per heavy atom. The van der Waals surface area contributed by atoms with Crippen LogP contribution in [-0.2, 0) is 11.2 Å². The van der Waals surface area contributed by atoms with Crippen molar-refractivity contribution >= 4 is 22.4 Å². The first kappa shape index (κ1) is 18.5. The second-order valence-corrected chi connectivity index (χ2v) is 7.33. The average molecular weight is 374 g/mol. The largest absolute Gasteiger partial charge is 0.369 e. The summed E-state index contributed by atoms with van der Waals surface area (Å²) in [7, 11) is 0. The predicted molar refractivity (Wildman–Crippen MR) is 116 cm³/mol. The molecule has 4 rings (SSSR count). The molecule has 0 aliphatic carbocycles. The van der Waals surface area contributed by atoms with Gasteiger partial charge >= 0.3 is 0 Å². The highest BCUT2D eigenvalue weighted by molar-refractivity contribution is 5.90. The molecule has 3 aromatic carbocycles. The summed E-state index contributed by atoms with van der Waals surface area (Å²) in [6.45, 7) is 5.75. The minimum Gasteiger partial charge on any atom is -0.369 e. The maximum Gasteiger partial charge on any atom is 0.224 e. The van der Waals surface area contributed by atoms with Crippen molar-refractivity contribution in [3.05, 3.63) is 78.4 Å². The van der Waals surface area contributed by atoms with E-state index in [1.165, 1.54) is 11.1 Å². The summed E-state index contributed by atoms with van der Waals surface area (Å²) >= 11 is 0. The van der Waals surface area contributed by atoms with E-state index in [1.807, 2.05) is 24.3 Å². The molecule has 4 nitrogen and oxygen atoms in total. The molecule has 4 heteroatoms. The molecule has 0 spiro atoms. The number of nitrogens with zero attached hydrogens (tertiary/aromatic N) is 2. The number of anilines is 1. The fourth-order valence-corrected chi connectivity index (χ4v) is 3.90. The lowest BCUT2D eigenvalue weighted by atomic mass is 10.0. The monoisotopic (exact) mass is 373 g/mol. The van der Waals surface area contributed by atoms with Gasteiger partial charge in [-0.2, -0.15) is 0 Å². The molecule has 0 bridgehead atoms. The summed E-state index contributed by atoms with van der Waals surface area (Å²) in [4.78, 5) is 17.3. The standard InChI is InChI=1S/C24H27N3O/c28-24(19-21-9-6-8-20-7-4-5-12-23(20)21)25-13-14-26-15-17-27(18-16-26)22-10-2-1-3-11-22/h1-12H,13-19H2,(H,25,28). The topological polar surface area (TPSA) is 35.6 Å². The van der Waals surface area contributed by atoms with Gasteiger partial charge in [0, 0.05) is 45.0 Å². The van der Waals surface area contributed by atoms with E-state index >= 15 is 0 Å². The Hall–Kier alpha value is -2.85. The van der Waals surface area contributed by atoms with E-state index in [-0.39, 0.29) is 5.91 Å². The van der Waals surface area contributed by atoms with Gasteiger partial charge in [-0.1, -0.05) is 60.7 Å². The Bertz CT molecular complexity index is 912. The lowest BCUT2D eigenvalue weighted by Crippen LogP contribution is -2.48. The van der Waals surface area contributed by atoms with Gasteiger partial charge in [-0.3, -0.25) is 9.69 Å². The third-order valence-corrected chi connectivity index (χ3v) is 5.47. The third kappa shape index (κ3) is 4.52. The van der Waals surface area contributed by atoms with Crippen LogP contribution in [0.4, 0.5) is 5.69 Å². The average Bonchev–Trinajstić information content (AvgIpc) is 2.75. The van der Waals surface area contributed by atoms with Gasteiger partial charge in [-0.25, -0.2) is 0 Å². The first-order valence-corrected chi connectivity index (χ1v) is 10.1. The number of rotatable bonds is 6. The van der Waals surface area contributed by atoms with Crippen LogP contribution >= 0.6 is 0 Å². The van der Waals surface area contributed by atoms with Gasteiger partial charge in [0.1, 0.15) is 0 Å². The lowest BCUT2D eigenvalue weighted by molar-refractivity contribution is -0.120. The quantitative estimate of drug-likeness (QED) is 0.720. The summed E-state index contributed by atoms with van der Waals surface area (Å²) in [5.74, 6) is 0.0966. The molecule has 0 unspecified atom stereocenters. The first-order chi connectivity index (χ1) is 13.8. The Kier molecular flexibility index (Phi) is 5.88. The zero-order valence-electron chi connectivity index (χ0n) is 16.2. The highest BCUT2D eigenvalue weighted by Crippen LogP contribution is 2.19. The number of hydrogen-bond donors (Lipinski definition) is 1. The van der Waals surface area contributed by atoms with Gasteiger partial charge in [-0.15, -0.1) is 0 Å². The van der Waals surface area contributed by atoms with E-state index in [4.69, 9.17) is 0 Å². The molecule has 1 aliphatic rings. The Balaban J connectivity index is 1.22. The van der Waals surface area contributed by atoms with E-state index < -0.39 is 0 Å². The minimum absolute atomic E-state index is 0.0966. The van der Waals surface area contributed by atoms with Gasteiger partial charge in [0.2, 0.25) is 5.91 Å². The number of benzene rings is 3. The van der Waals surface area contributed by atoms with E-state index in [1.54, 1.807) is 0 Å². The van der Waals surface area contributed by atoms with Crippen LogP contribution in [0, 0.1) is 0 Å². The molecule has 0 aromatic heterocycles. The Morgan fingerprint density at radius 1 is 0.821 bits per heavy atom. The highest BCUT2D eigenvalue weighted by atomic mass is 16.1. The molecule has 1 heterocycles. The predicted octanol–water partition coefficient (Wildman–Crippen LogP) is 3.32. The third-order valence-electron chi connectivity index (χ3n) is 5.47. The molecule has 28 heavy (non-hydrogen) atoms. The number of piperazine rings is 1. The molecule has 0 atom stereocenters. The molecule has 0 radical (unpaired) electrons. The fourth-order valence-electron chi connectivity index (χ4n) is 3.90. The maximum absolute atomic E-state index is 12.4. The minimum atomic E-state index is 0.0966. The summed E-state index contributed by atoms with van der Waals surface area (Å²) in [5, 5.41) is 5.44. The van der Waals surface area contributed by atoms with Gasteiger partial charge in [0.25, 0.3) is 0 Å². The Labute approximate surface area is 166 Å². The van der Waals surface area contributed by atoms with Crippen molar-refractivity contribution in [3.8, 4) is 0 Å². The number of fused-ring (bicyclic) bond motifs is 1. The van der Waals surface area contributed by atoms with E-state index in [2.05, 4.69) is 63.6 Å². The first-order valence-electron chi connectivity index (χ1n) is 10.1. The van der Waals surface area contributed by atoms with E-state index in [9.17, 15) is 4.79 Å². The lowest BCUT2D eigenvalue weighted by Gasteiger charge is -2.36. The van der Waals surface area contributed by atoms with Gasteiger partial charge in [0.15, 0.2) is 0 Å². The van der Waals surface area contributed by atoms with Crippen molar-refractivity contribution in [2.24, 2.45) is 0 Å².